The molecule has 19 heteroatoms. The van der Waals surface area contributed by atoms with E-state index in [1.165, 1.54) is 22.3 Å². The SMILES string of the molecule is O=C1CCC(N2Cc3c(NC(=O)COCCOCCOCCCCCNC(=O)C4(Cc5cccc(Nc6nccs6)n5)CCC(Oc5cccc(Cl)c5F)CC4)cccc3C2=O)C(=O)N1. The number of imide groups is 1. The molecule has 2 fully saturated rings. The number of piperidine rings is 1. The molecule has 4 aromatic rings. The number of pyridine rings is 1. The van der Waals surface area contributed by atoms with Crippen LogP contribution < -0.4 is 26.0 Å². The zero-order chi connectivity index (χ0) is 45.6. The van der Waals surface area contributed by atoms with E-state index in [9.17, 15) is 28.4 Å². The van der Waals surface area contributed by atoms with E-state index in [-0.39, 0.29) is 73.8 Å². The predicted octanol–water partition coefficient (Wildman–Crippen LogP) is 6.36. The van der Waals surface area contributed by atoms with E-state index in [1.807, 2.05) is 23.6 Å². The van der Waals surface area contributed by atoms with Gasteiger partial charge in [0.05, 0.1) is 43.0 Å². The molecule has 1 unspecified atom stereocenters. The summed E-state index contributed by atoms with van der Waals surface area (Å²) in [6.45, 7) is 2.22. The number of unbranched alkanes of at least 4 members (excludes halogenated alkanes) is 2. The van der Waals surface area contributed by atoms with Crippen LogP contribution in [0.1, 0.15) is 79.4 Å². The quantitative estimate of drug-likeness (QED) is 0.0475. The van der Waals surface area contributed by atoms with Crippen molar-refractivity contribution in [3.63, 3.8) is 0 Å². The number of anilines is 3. The summed E-state index contributed by atoms with van der Waals surface area (Å²) in [5, 5.41) is 14.1. The molecule has 2 aromatic heterocycles. The zero-order valence-electron chi connectivity index (χ0n) is 35.9. The van der Waals surface area contributed by atoms with Crippen molar-refractivity contribution >= 4 is 69.1 Å². The molecule has 2 aliphatic heterocycles. The fraction of sp³-hybridized carbons (Fsp3) is 0.457. The highest BCUT2D eigenvalue weighted by atomic mass is 35.5. The fourth-order valence-corrected chi connectivity index (χ4v) is 8.98. The molecular weight excluding hydrogens is 881 g/mol. The van der Waals surface area contributed by atoms with Gasteiger partial charge in [-0.1, -0.05) is 29.8 Å². The summed E-state index contributed by atoms with van der Waals surface area (Å²) in [6, 6.07) is 14.7. The Morgan fingerprint density at radius 1 is 0.923 bits per heavy atom. The third-order valence-electron chi connectivity index (χ3n) is 11.7. The lowest BCUT2D eigenvalue weighted by molar-refractivity contribution is -0.137. The van der Waals surface area contributed by atoms with Crippen molar-refractivity contribution in [2.45, 2.75) is 82.9 Å². The van der Waals surface area contributed by atoms with E-state index in [0.29, 0.717) is 81.1 Å². The number of benzene rings is 2. The van der Waals surface area contributed by atoms with Gasteiger partial charge in [-0.25, -0.2) is 14.4 Å². The molecule has 2 aromatic carbocycles. The standard InChI is InChI=1S/C46H53ClFN7O9S/c47-34-9-6-11-37(41(34)48)64-31-15-17-46(18-16-31,27-30-7-4-12-38(51-30)53-45-50-20-26-65-45)44(60)49-19-2-1-3-21-61-22-23-62-24-25-63-29-40(57)52-35-10-5-8-32-33(35)28-55(43(32)59)36-13-14-39(56)54-42(36)58/h4-12,20,26,31,36H,1-3,13-19,21-25,27-29H2,(H,49,60)(H,52,57)(H,50,51,53)(H,54,56,58). The molecule has 4 heterocycles. The van der Waals surface area contributed by atoms with Gasteiger partial charge in [0.2, 0.25) is 23.6 Å². The van der Waals surface area contributed by atoms with Crippen LogP contribution in [0.2, 0.25) is 5.02 Å². The van der Waals surface area contributed by atoms with Crippen LogP contribution in [0.3, 0.4) is 0 Å². The van der Waals surface area contributed by atoms with E-state index < -0.39 is 29.1 Å². The van der Waals surface area contributed by atoms with Gasteiger partial charge >= 0.3 is 0 Å². The Bertz CT molecular complexity index is 2300. The number of thiazole rings is 1. The van der Waals surface area contributed by atoms with Crippen molar-refractivity contribution in [3.8, 4) is 5.75 Å². The van der Waals surface area contributed by atoms with Gasteiger partial charge in [-0.15, -0.1) is 11.3 Å². The number of fused-ring (bicyclic) bond motifs is 1. The van der Waals surface area contributed by atoms with Gasteiger partial charge in [0.1, 0.15) is 18.5 Å². The minimum atomic E-state index is -0.745. The van der Waals surface area contributed by atoms with Gasteiger partial charge in [0.15, 0.2) is 16.7 Å². The lowest BCUT2D eigenvalue weighted by atomic mass is 9.69. The number of rotatable bonds is 23. The minimum Gasteiger partial charge on any atom is -0.487 e. The number of carbonyl (C=O) groups excluding carboxylic acids is 5. The Morgan fingerprint density at radius 2 is 1.69 bits per heavy atom. The Hall–Kier alpha value is -5.53. The van der Waals surface area contributed by atoms with Crippen molar-refractivity contribution in [2.75, 3.05) is 56.8 Å². The van der Waals surface area contributed by atoms with Crippen molar-refractivity contribution < 1.29 is 47.3 Å². The summed E-state index contributed by atoms with van der Waals surface area (Å²) in [5.74, 6) is -1.41. The average molecular weight is 934 g/mol. The lowest BCUT2D eigenvalue weighted by Crippen LogP contribution is -2.52. The molecule has 0 bridgehead atoms. The number of nitrogens with zero attached hydrogens (tertiary/aromatic N) is 3. The molecule has 7 rings (SSSR count). The molecule has 346 valence electrons. The number of amides is 5. The Kier molecular flexibility index (Phi) is 16.8. The number of ether oxygens (including phenoxy) is 4. The molecule has 1 atom stereocenters. The third kappa shape index (κ3) is 12.8. The number of hydrogen-bond acceptors (Lipinski definition) is 13. The van der Waals surface area contributed by atoms with Crippen LogP contribution in [-0.4, -0.2) is 103 Å². The maximum Gasteiger partial charge on any atom is 0.255 e. The van der Waals surface area contributed by atoms with E-state index in [0.717, 1.165) is 30.1 Å². The first kappa shape index (κ1) is 47.4. The summed E-state index contributed by atoms with van der Waals surface area (Å²) in [5.41, 5.74) is 1.56. The number of nitrogens with one attached hydrogen (secondary N) is 4. The number of hydrogen-bond donors (Lipinski definition) is 4. The maximum absolute atomic E-state index is 14.6. The Morgan fingerprint density at radius 3 is 2.48 bits per heavy atom. The van der Waals surface area contributed by atoms with E-state index in [4.69, 9.17) is 35.5 Å². The molecule has 1 saturated carbocycles. The molecule has 5 amide bonds. The first-order valence-electron chi connectivity index (χ1n) is 21.9. The van der Waals surface area contributed by atoms with Crippen molar-refractivity contribution in [1.82, 2.24) is 25.5 Å². The summed E-state index contributed by atoms with van der Waals surface area (Å²) < 4.78 is 37.4. The largest absolute Gasteiger partial charge is 0.487 e. The van der Waals surface area contributed by atoms with E-state index >= 15 is 0 Å². The van der Waals surface area contributed by atoms with Gasteiger partial charge in [0.25, 0.3) is 5.91 Å². The second-order valence-electron chi connectivity index (χ2n) is 16.2. The molecular formula is C46H53ClFN7O9S. The molecule has 65 heavy (non-hydrogen) atoms. The van der Waals surface area contributed by atoms with Gasteiger partial charge in [-0.2, -0.15) is 0 Å². The van der Waals surface area contributed by atoms with Crippen LogP contribution in [-0.2, 0) is 46.4 Å². The minimum absolute atomic E-state index is 0.00420. The molecule has 4 N–H and O–H groups in total. The molecule has 1 aliphatic carbocycles. The van der Waals surface area contributed by atoms with Crippen LogP contribution in [0, 0.1) is 11.2 Å². The normalized spacial score (nSPS) is 19.4. The van der Waals surface area contributed by atoms with Crippen LogP contribution in [0.25, 0.3) is 0 Å². The average Bonchev–Trinajstić information content (AvgIpc) is 3.93. The first-order valence-corrected chi connectivity index (χ1v) is 23.2. The van der Waals surface area contributed by atoms with Crippen LogP contribution >= 0.6 is 22.9 Å². The van der Waals surface area contributed by atoms with Gasteiger partial charge in [-0.05, 0) is 87.8 Å². The predicted molar refractivity (Wildman–Crippen MR) is 240 cm³/mol. The number of halogens is 2. The molecule has 0 spiro atoms. The van der Waals surface area contributed by atoms with Crippen molar-refractivity contribution in [3.05, 3.63) is 93.8 Å². The summed E-state index contributed by atoms with van der Waals surface area (Å²) in [6.07, 6.45) is 7.00. The van der Waals surface area contributed by atoms with Crippen LogP contribution in [0.15, 0.2) is 66.2 Å². The maximum atomic E-state index is 14.6. The summed E-state index contributed by atoms with van der Waals surface area (Å²) in [7, 11) is 0. The topological polar surface area (TPSA) is 199 Å². The smallest absolute Gasteiger partial charge is 0.255 e. The molecule has 16 nitrogen and oxygen atoms in total. The van der Waals surface area contributed by atoms with Crippen molar-refractivity contribution in [2.24, 2.45) is 5.41 Å². The summed E-state index contributed by atoms with van der Waals surface area (Å²) in [4.78, 5) is 74.1. The van der Waals surface area contributed by atoms with Crippen LogP contribution in [0.5, 0.6) is 5.75 Å². The van der Waals surface area contributed by atoms with Gasteiger partial charge in [0, 0.05) is 66.6 Å². The number of aromatic nitrogens is 2. The first-order chi connectivity index (χ1) is 31.6. The molecule has 1 saturated heterocycles. The van der Waals surface area contributed by atoms with E-state index in [1.54, 1.807) is 36.5 Å². The third-order valence-corrected chi connectivity index (χ3v) is 12.6. The monoisotopic (exact) mass is 933 g/mol. The fourth-order valence-electron chi connectivity index (χ4n) is 8.28. The molecule has 3 aliphatic rings. The highest BCUT2D eigenvalue weighted by Crippen LogP contribution is 2.41. The Balaban J connectivity index is 0.758. The second-order valence-corrected chi connectivity index (χ2v) is 17.5. The number of carbonyl (C=O) groups is 5. The zero-order valence-corrected chi connectivity index (χ0v) is 37.5. The molecule has 0 radical (unpaired) electrons. The van der Waals surface area contributed by atoms with E-state index in [2.05, 4.69) is 26.3 Å². The lowest BCUT2D eigenvalue weighted by Gasteiger charge is -2.39. The second kappa shape index (κ2) is 23.1. The highest BCUT2D eigenvalue weighted by Gasteiger charge is 2.43. The van der Waals surface area contributed by atoms with Crippen LogP contribution in [0.4, 0.5) is 21.0 Å². The highest BCUT2D eigenvalue weighted by molar-refractivity contribution is 7.13. The van der Waals surface area contributed by atoms with Crippen molar-refractivity contribution in [1.29, 1.82) is 0 Å². The summed E-state index contributed by atoms with van der Waals surface area (Å²) >= 11 is 7.46. The Labute approximate surface area is 385 Å². The van der Waals surface area contributed by atoms with Gasteiger partial charge < -0.3 is 39.8 Å². The van der Waals surface area contributed by atoms with Gasteiger partial charge in [-0.3, -0.25) is 29.3 Å².